The number of methoxy groups -OCH3 is 1. The standard InChI is InChI=1S/C22H31F3N2O3/c1-21(2,3)12-16-20(28)27-8-6-14-10-19(30-9-7-22(23,24)25)18(29-5)11-15(14)17(27)13-26(16)4/h10-11,16-17H,6-9,12-13H2,1-5H3/t16?,17-/m1/s1. The lowest BCUT2D eigenvalue weighted by Gasteiger charge is -2.48. The summed E-state index contributed by atoms with van der Waals surface area (Å²) >= 11 is 0. The van der Waals surface area contributed by atoms with Gasteiger partial charge in [0.2, 0.25) is 5.91 Å². The van der Waals surface area contributed by atoms with Gasteiger partial charge in [-0.1, -0.05) is 20.8 Å². The van der Waals surface area contributed by atoms with E-state index in [1.165, 1.54) is 7.11 Å². The van der Waals surface area contributed by atoms with Crippen LogP contribution in [0, 0.1) is 5.41 Å². The molecule has 1 aromatic rings. The van der Waals surface area contributed by atoms with E-state index in [0.717, 1.165) is 17.5 Å². The van der Waals surface area contributed by atoms with Gasteiger partial charge in [0.15, 0.2) is 11.5 Å². The Bertz CT molecular complexity index is 789. The van der Waals surface area contributed by atoms with Crippen LogP contribution in [-0.2, 0) is 11.2 Å². The zero-order valence-corrected chi connectivity index (χ0v) is 18.3. The quantitative estimate of drug-likeness (QED) is 0.705. The van der Waals surface area contributed by atoms with Crippen molar-refractivity contribution in [2.75, 3.05) is 33.9 Å². The number of hydrogen-bond acceptors (Lipinski definition) is 4. The number of carbonyl (C=O) groups excluding carboxylic acids is 1. The lowest BCUT2D eigenvalue weighted by Crippen LogP contribution is -2.59. The monoisotopic (exact) mass is 428 g/mol. The van der Waals surface area contributed by atoms with E-state index in [0.29, 0.717) is 31.0 Å². The number of halogens is 3. The van der Waals surface area contributed by atoms with Crippen LogP contribution in [0.25, 0.3) is 0 Å². The molecule has 1 saturated heterocycles. The summed E-state index contributed by atoms with van der Waals surface area (Å²) in [6.07, 6.45) is -3.85. The molecular formula is C22H31F3N2O3. The third-order valence-electron chi connectivity index (χ3n) is 5.79. The molecule has 2 aliphatic heterocycles. The summed E-state index contributed by atoms with van der Waals surface area (Å²) in [5, 5.41) is 0. The zero-order valence-electron chi connectivity index (χ0n) is 18.3. The summed E-state index contributed by atoms with van der Waals surface area (Å²) in [6, 6.07) is 3.35. The molecule has 2 aliphatic rings. The topological polar surface area (TPSA) is 42.0 Å². The van der Waals surface area contributed by atoms with E-state index in [2.05, 4.69) is 25.7 Å². The average molecular weight is 428 g/mol. The Morgan fingerprint density at radius 3 is 2.47 bits per heavy atom. The predicted octanol–water partition coefficient (Wildman–Crippen LogP) is 4.20. The van der Waals surface area contributed by atoms with E-state index >= 15 is 0 Å². The summed E-state index contributed by atoms with van der Waals surface area (Å²) in [5.41, 5.74) is 2.02. The maximum Gasteiger partial charge on any atom is 0.392 e. The number of amides is 1. The predicted molar refractivity (Wildman–Crippen MR) is 108 cm³/mol. The van der Waals surface area contributed by atoms with Gasteiger partial charge in [0.25, 0.3) is 0 Å². The number of carbonyl (C=O) groups is 1. The van der Waals surface area contributed by atoms with Gasteiger partial charge in [0, 0.05) is 13.1 Å². The summed E-state index contributed by atoms with van der Waals surface area (Å²) in [4.78, 5) is 17.3. The molecule has 0 aromatic heterocycles. The van der Waals surface area contributed by atoms with Crippen LogP contribution in [0.15, 0.2) is 12.1 Å². The lowest BCUT2D eigenvalue weighted by atomic mass is 9.83. The molecule has 30 heavy (non-hydrogen) atoms. The van der Waals surface area contributed by atoms with Gasteiger partial charge < -0.3 is 14.4 Å². The van der Waals surface area contributed by atoms with Gasteiger partial charge in [0.05, 0.1) is 32.2 Å². The SMILES string of the molecule is COc1cc2c(cc1OCCC(F)(F)F)CCN1C(=O)C(CC(C)(C)C)N(C)C[C@H]21. The molecule has 2 heterocycles. The second-order valence-corrected chi connectivity index (χ2v) is 9.43. The number of nitrogens with zero attached hydrogens (tertiary/aromatic N) is 2. The summed E-state index contributed by atoms with van der Waals surface area (Å²) in [5.74, 6) is 0.846. The lowest BCUT2D eigenvalue weighted by molar-refractivity contribution is -0.147. The first-order valence-corrected chi connectivity index (χ1v) is 10.3. The van der Waals surface area contributed by atoms with E-state index in [1.807, 2.05) is 18.0 Å². The Kier molecular flexibility index (Phi) is 6.28. The highest BCUT2D eigenvalue weighted by atomic mass is 19.4. The third-order valence-corrected chi connectivity index (χ3v) is 5.79. The number of likely N-dealkylation sites (N-methyl/N-ethyl adjacent to an activating group) is 1. The van der Waals surface area contributed by atoms with Crippen LogP contribution in [0.2, 0.25) is 0 Å². The Balaban J connectivity index is 1.83. The Morgan fingerprint density at radius 1 is 1.17 bits per heavy atom. The van der Waals surface area contributed by atoms with Crippen LogP contribution in [-0.4, -0.2) is 61.8 Å². The molecule has 3 rings (SSSR count). The van der Waals surface area contributed by atoms with E-state index in [9.17, 15) is 18.0 Å². The first-order valence-electron chi connectivity index (χ1n) is 10.3. The van der Waals surface area contributed by atoms with Gasteiger partial charge in [-0.05, 0) is 48.6 Å². The molecule has 0 bridgehead atoms. The number of fused-ring (bicyclic) bond motifs is 3. The minimum absolute atomic E-state index is 0.0427. The van der Waals surface area contributed by atoms with Crippen molar-refractivity contribution in [2.24, 2.45) is 5.41 Å². The molecule has 1 fully saturated rings. The van der Waals surface area contributed by atoms with E-state index in [-0.39, 0.29) is 23.4 Å². The van der Waals surface area contributed by atoms with Crippen molar-refractivity contribution in [3.63, 3.8) is 0 Å². The van der Waals surface area contributed by atoms with Crippen molar-refractivity contribution >= 4 is 5.91 Å². The third kappa shape index (κ3) is 5.02. The van der Waals surface area contributed by atoms with Gasteiger partial charge in [-0.25, -0.2) is 0 Å². The smallest absolute Gasteiger partial charge is 0.392 e. The second kappa shape index (κ2) is 8.29. The first kappa shape index (κ1) is 22.7. The van der Waals surface area contributed by atoms with Gasteiger partial charge in [-0.2, -0.15) is 13.2 Å². The number of alkyl halides is 3. The van der Waals surface area contributed by atoms with Gasteiger partial charge >= 0.3 is 6.18 Å². The van der Waals surface area contributed by atoms with Crippen LogP contribution in [0.1, 0.15) is 50.8 Å². The molecule has 0 N–H and O–H groups in total. The van der Waals surface area contributed by atoms with Crippen molar-refractivity contribution in [1.29, 1.82) is 0 Å². The minimum Gasteiger partial charge on any atom is -0.493 e. The molecule has 2 atom stereocenters. The normalized spacial score (nSPS) is 22.5. The fourth-order valence-electron chi connectivity index (χ4n) is 4.32. The van der Waals surface area contributed by atoms with Crippen LogP contribution in [0.5, 0.6) is 11.5 Å². The fourth-order valence-corrected chi connectivity index (χ4v) is 4.32. The molecule has 0 aliphatic carbocycles. The van der Waals surface area contributed by atoms with E-state index < -0.39 is 19.2 Å². The van der Waals surface area contributed by atoms with Gasteiger partial charge in [-0.3, -0.25) is 9.69 Å². The maximum atomic E-state index is 13.2. The molecule has 1 aromatic carbocycles. The molecule has 1 unspecified atom stereocenters. The molecule has 168 valence electrons. The van der Waals surface area contributed by atoms with Crippen LogP contribution >= 0.6 is 0 Å². The van der Waals surface area contributed by atoms with Crippen molar-refractivity contribution < 1.29 is 27.4 Å². The molecule has 0 saturated carbocycles. The minimum atomic E-state index is -4.27. The average Bonchev–Trinajstić information content (AvgIpc) is 2.62. The van der Waals surface area contributed by atoms with Crippen LogP contribution in [0.3, 0.4) is 0 Å². The molecule has 5 nitrogen and oxygen atoms in total. The van der Waals surface area contributed by atoms with Crippen molar-refractivity contribution in [2.45, 2.75) is 58.3 Å². The maximum absolute atomic E-state index is 13.2. The Morgan fingerprint density at radius 2 is 1.87 bits per heavy atom. The first-order chi connectivity index (χ1) is 13.9. The van der Waals surface area contributed by atoms with Crippen LogP contribution in [0.4, 0.5) is 13.2 Å². The zero-order chi connectivity index (χ0) is 22.3. The summed E-state index contributed by atoms with van der Waals surface area (Å²) < 4.78 is 48.1. The number of benzene rings is 1. The van der Waals surface area contributed by atoms with Crippen LogP contribution < -0.4 is 9.47 Å². The van der Waals surface area contributed by atoms with Crippen molar-refractivity contribution in [3.05, 3.63) is 23.3 Å². The highest BCUT2D eigenvalue weighted by Crippen LogP contribution is 2.41. The van der Waals surface area contributed by atoms with Gasteiger partial charge in [0.1, 0.15) is 0 Å². The van der Waals surface area contributed by atoms with Crippen molar-refractivity contribution in [3.8, 4) is 11.5 Å². The van der Waals surface area contributed by atoms with Crippen molar-refractivity contribution in [1.82, 2.24) is 9.80 Å². The Hall–Kier alpha value is -1.96. The summed E-state index contributed by atoms with van der Waals surface area (Å²) in [7, 11) is 3.45. The Labute approximate surface area is 176 Å². The molecule has 8 heteroatoms. The summed E-state index contributed by atoms with van der Waals surface area (Å²) in [6.45, 7) is 7.25. The largest absolute Gasteiger partial charge is 0.493 e. The molecule has 0 spiro atoms. The van der Waals surface area contributed by atoms with E-state index in [4.69, 9.17) is 9.47 Å². The fraction of sp³-hybridized carbons (Fsp3) is 0.682. The molecule has 0 radical (unpaired) electrons. The highest BCUT2D eigenvalue weighted by molar-refractivity contribution is 5.83. The van der Waals surface area contributed by atoms with E-state index in [1.54, 1.807) is 6.07 Å². The number of ether oxygens (including phenoxy) is 2. The number of hydrogen-bond donors (Lipinski definition) is 0. The second-order valence-electron chi connectivity index (χ2n) is 9.43. The molecular weight excluding hydrogens is 397 g/mol. The molecule has 1 amide bonds. The number of piperazine rings is 1. The number of rotatable bonds is 5. The highest BCUT2D eigenvalue weighted by Gasteiger charge is 2.43. The van der Waals surface area contributed by atoms with Gasteiger partial charge in [-0.15, -0.1) is 0 Å².